The molecular weight excluding hydrogens is 276 g/mol. The molecule has 1 heterocycles. The minimum absolute atomic E-state index is 0.0668. The fraction of sp³-hybridized carbons (Fsp3) is 0.429. The molecule has 1 amide bonds. The number of hydrogen-bond acceptors (Lipinski definition) is 3. The second-order valence-electron chi connectivity index (χ2n) is 4.91. The highest BCUT2D eigenvalue weighted by atomic mass is 32.2. The SMILES string of the molecule is CC1CN(C(=O)c2cccc(C(N)=S)c2)CC(C)S1. The van der Waals surface area contributed by atoms with Crippen molar-refractivity contribution in [3.05, 3.63) is 35.4 Å². The molecule has 1 aliphatic rings. The summed E-state index contributed by atoms with van der Waals surface area (Å²) in [7, 11) is 0. The van der Waals surface area contributed by atoms with Crippen LogP contribution in [0.2, 0.25) is 0 Å². The van der Waals surface area contributed by atoms with Gasteiger partial charge in [0.15, 0.2) is 0 Å². The molecule has 0 aliphatic carbocycles. The molecule has 0 saturated carbocycles. The van der Waals surface area contributed by atoms with E-state index >= 15 is 0 Å². The Morgan fingerprint density at radius 3 is 2.47 bits per heavy atom. The minimum Gasteiger partial charge on any atom is -0.389 e. The van der Waals surface area contributed by atoms with E-state index in [-0.39, 0.29) is 5.91 Å². The molecule has 19 heavy (non-hydrogen) atoms. The fourth-order valence-corrected chi connectivity index (χ4v) is 3.78. The molecule has 2 atom stereocenters. The van der Waals surface area contributed by atoms with Gasteiger partial charge in [0.05, 0.1) is 0 Å². The topological polar surface area (TPSA) is 46.3 Å². The van der Waals surface area contributed by atoms with Gasteiger partial charge in [0.1, 0.15) is 4.99 Å². The number of carbonyl (C=O) groups excluding carboxylic acids is 1. The number of thioether (sulfide) groups is 1. The largest absolute Gasteiger partial charge is 0.389 e. The Kier molecular flexibility index (Phi) is 4.47. The van der Waals surface area contributed by atoms with E-state index in [1.54, 1.807) is 6.07 Å². The van der Waals surface area contributed by atoms with E-state index in [0.29, 0.717) is 21.1 Å². The van der Waals surface area contributed by atoms with Crippen LogP contribution >= 0.6 is 24.0 Å². The van der Waals surface area contributed by atoms with Crippen LogP contribution in [0.1, 0.15) is 29.8 Å². The zero-order chi connectivity index (χ0) is 14.0. The van der Waals surface area contributed by atoms with Crippen molar-refractivity contribution >= 4 is 34.9 Å². The lowest BCUT2D eigenvalue weighted by Crippen LogP contribution is -2.44. The molecule has 1 fully saturated rings. The lowest BCUT2D eigenvalue weighted by Gasteiger charge is -2.34. The lowest BCUT2D eigenvalue weighted by molar-refractivity contribution is 0.0753. The Labute approximate surface area is 123 Å². The van der Waals surface area contributed by atoms with Gasteiger partial charge < -0.3 is 10.6 Å². The summed E-state index contributed by atoms with van der Waals surface area (Å²) in [5, 5.41) is 0.956. The van der Waals surface area contributed by atoms with Crippen LogP contribution in [-0.2, 0) is 0 Å². The number of rotatable bonds is 2. The van der Waals surface area contributed by atoms with Gasteiger partial charge in [-0.1, -0.05) is 38.2 Å². The number of amides is 1. The van der Waals surface area contributed by atoms with Gasteiger partial charge in [-0.15, -0.1) is 0 Å². The predicted molar refractivity (Wildman–Crippen MR) is 84.7 cm³/mol. The molecule has 1 saturated heterocycles. The van der Waals surface area contributed by atoms with E-state index in [0.717, 1.165) is 18.7 Å². The normalized spacial score (nSPS) is 23.2. The lowest BCUT2D eigenvalue weighted by atomic mass is 10.1. The van der Waals surface area contributed by atoms with Crippen molar-refractivity contribution < 1.29 is 4.79 Å². The third-order valence-electron chi connectivity index (χ3n) is 3.10. The first-order valence-corrected chi connectivity index (χ1v) is 7.67. The zero-order valence-corrected chi connectivity index (χ0v) is 12.8. The monoisotopic (exact) mass is 294 g/mol. The zero-order valence-electron chi connectivity index (χ0n) is 11.1. The maximum Gasteiger partial charge on any atom is 0.253 e. The Morgan fingerprint density at radius 1 is 1.32 bits per heavy atom. The predicted octanol–water partition coefficient (Wildman–Crippen LogP) is 2.29. The third kappa shape index (κ3) is 3.48. The first-order chi connectivity index (χ1) is 8.97. The minimum atomic E-state index is 0.0668. The van der Waals surface area contributed by atoms with E-state index in [1.807, 2.05) is 34.9 Å². The van der Waals surface area contributed by atoms with Crippen LogP contribution < -0.4 is 5.73 Å². The number of nitrogens with zero attached hydrogens (tertiary/aromatic N) is 1. The molecule has 2 rings (SSSR count). The average molecular weight is 294 g/mol. The van der Waals surface area contributed by atoms with Crippen molar-refractivity contribution in [1.29, 1.82) is 0 Å². The number of thiocarbonyl (C=S) groups is 1. The number of hydrogen-bond donors (Lipinski definition) is 1. The van der Waals surface area contributed by atoms with E-state index < -0.39 is 0 Å². The van der Waals surface area contributed by atoms with Gasteiger partial charge in [-0.3, -0.25) is 4.79 Å². The van der Waals surface area contributed by atoms with Crippen molar-refractivity contribution in [2.75, 3.05) is 13.1 Å². The van der Waals surface area contributed by atoms with E-state index in [1.165, 1.54) is 0 Å². The summed E-state index contributed by atoms with van der Waals surface area (Å²) in [6.07, 6.45) is 0. The molecule has 2 unspecified atom stereocenters. The van der Waals surface area contributed by atoms with Crippen molar-refractivity contribution in [2.45, 2.75) is 24.3 Å². The van der Waals surface area contributed by atoms with Crippen LogP contribution in [0, 0.1) is 0 Å². The summed E-state index contributed by atoms with van der Waals surface area (Å²) in [6.45, 7) is 5.91. The number of carbonyl (C=O) groups is 1. The van der Waals surface area contributed by atoms with Gasteiger partial charge >= 0.3 is 0 Å². The average Bonchev–Trinajstić information content (AvgIpc) is 2.37. The van der Waals surface area contributed by atoms with Crippen LogP contribution in [0.25, 0.3) is 0 Å². The Morgan fingerprint density at radius 2 is 1.89 bits per heavy atom. The summed E-state index contributed by atoms with van der Waals surface area (Å²) < 4.78 is 0. The maximum absolute atomic E-state index is 12.5. The van der Waals surface area contributed by atoms with Gasteiger partial charge in [0.2, 0.25) is 0 Å². The molecule has 1 aromatic carbocycles. The Bertz CT molecular complexity index is 494. The summed E-state index contributed by atoms with van der Waals surface area (Å²) in [6, 6.07) is 7.26. The Hall–Kier alpha value is -1.07. The molecule has 0 aromatic heterocycles. The van der Waals surface area contributed by atoms with Gasteiger partial charge in [-0.2, -0.15) is 11.8 Å². The van der Waals surface area contributed by atoms with Crippen molar-refractivity contribution in [2.24, 2.45) is 5.73 Å². The molecule has 3 nitrogen and oxygen atoms in total. The van der Waals surface area contributed by atoms with Crippen molar-refractivity contribution in [3.8, 4) is 0 Å². The standard InChI is InChI=1S/C14H18N2OS2/c1-9-7-16(8-10(2)19-9)14(17)12-5-3-4-11(6-12)13(15)18/h3-6,9-10H,7-8H2,1-2H3,(H2,15,18). The summed E-state index contributed by atoms with van der Waals surface area (Å²) in [5.41, 5.74) is 7.02. The molecule has 102 valence electrons. The summed E-state index contributed by atoms with van der Waals surface area (Å²) >= 11 is 6.88. The number of benzene rings is 1. The summed E-state index contributed by atoms with van der Waals surface area (Å²) in [4.78, 5) is 14.7. The smallest absolute Gasteiger partial charge is 0.253 e. The quantitative estimate of drug-likeness (QED) is 0.850. The highest BCUT2D eigenvalue weighted by Gasteiger charge is 2.26. The van der Waals surface area contributed by atoms with Crippen molar-refractivity contribution in [3.63, 3.8) is 0 Å². The second-order valence-corrected chi connectivity index (χ2v) is 7.23. The van der Waals surface area contributed by atoms with E-state index in [4.69, 9.17) is 18.0 Å². The summed E-state index contributed by atoms with van der Waals surface area (Å²) in [5.74, 6) is 0.0668. The van der Waals surface area contributed by atoms with Crippen molar-refractivity contribution in [1.82, 2.24) is 4.90 Å². The van der Waals surface area contributed by atoms with Crippen LogP contribution in [-0.4, -0.2) is 39.4 Å². The van der Waals surface area contributed by atoms with Crippen LogP contribution in [0.15, 0.2) is 24.3 Å². The second kappa shape index (κ2) is 5.92. The molecule has 1 aliphatic heterocycles. The van der Waals surface area contributed by atoms with Gasteiger partial charge in [0.25, 0.3) is 5.91 Å². The highest BCUT2D eigenvalue weighted by Crippen LogP contribution is 2.25. The van der Waals surface area contributed by atoms with Gasteiger partial charge in [0, 0.05) is 34.7 Å². The van der Waals surface area contributed by atoms with Crippen LogP contribution in [0.4, 0.5) is 0 Å². The first-order valence-electron chi connectivity index (χ1n) is 6.32. The molecule has 5 heteroatoms. The van der Waals surface area contributed by atoms with E-state index in [2.05, 4.69) is 13.8 Å². The van der Waals surface area contributed by atoms with Crippen LogP contribution in [0.5, 0.6) is 0 Å². The van der Waals surface area contributed by atoms with Gasteiger partial charge in [-0.05, 0) is 12.1 Å². The molecular formula is C14H18N2OS2. The first kappa shape index (κ1) is 14.3. The molecule has 1 aromatic rings. The van der Waals surface area contributed by atoms with Gasteiger partial charge in [-0.25, -0.2) is 0 Å². The molecule has 0 spiro atoms. The van der Waals surface area contributed by atoms with E-state index in [9.17, 15) is 4.79 Å². The molecule has 0 bridgehead atoms. The third-order valence-corrected chi connectivity index (χ3v) is 4.56. The maximum atomic E-state index is 12.5. The molecule has 2 N–H and O–H groups in total. The molecule has 0 radical (unpaired) electrons. The van der Waals surface area contributed by atoms with Crippen LogP contribution in [0.3, 0.4) is 0 Å². The fourth-order valence-electron chi connectivity index (χ4n) is 2.33. The Balaban J connectivity index is 2.19. The highest BCUT2D eigenvalue weighted by molar-refractivity contribution is 8.00. The number of nitrogens with two attached hydrogens (primary N) is 1.